The van der Waals surface area contributed by atoms with E-state index in [1.54, 1.807) is 6.92 Å². The van der Waals surface area contributed by atoms with Crippen LogP contribution in [-0.2, 0) is 23.7 Å². The van der Waals surface area contributed by atoms with E-state index in [4.69, 9.17) is 29.2 Å². The molecule has 8 heteroatoms. The Balaban J connectivity index is 4.04. The maximum atomic E-state index is 11.5. The van der Waals surface area contributed by atoms with Gasteiger partial charge >= 0.3 is 5.97 Å². The van der Waals surface area contributed by atoms with E-state index in [1.807, 2.05) is 0 Å². The molecular weight excluding hydrogens is 296 g/mol. The average molecular weight is 324 g/mol. The maximum Gasteiger partial charge on any atom is 0.314 e. The Bertz CT molecular complexity index is 256. The predicted molar refractivity (Wildman–Crippen MR) is 77.8 cm³/mol. The van der Waals surface area contributed by atoms with Crippen LogP contribution in [0.15, 0.2) is 0 Å². The molecule has 0 aliphatic carbocycles. The lowest BCUT2D eigenvalue weighted by Crippen LogP contribution is -2.40. The lowest BCUT2D eigenvalue weighted by atomic mass is 9.87. The highest BCUT2D eigenvalue weighted by atomic mass is 16.5. The van der Waals surface area contributed by atoms with Gasteiger partial charge in [-0.3, -0.25) is 4.79 Å². The van der Waals surface area contributed by atoms with Crippen molar-refractivity contribution in [2.75, 3.05) is 66.1 Å². The molecule has 0 aliphatic heterocycles. The van der Waals surface area contributed by atoms with Crippen molar-refractivity contribution in [2.24, 2.45) is 5.41 Å². The third kappa shape index (κ3) is 9.29. The molecule has 8 nitrogen and oxygen atoms in total. The number of carboxylic acids is 1. The van der Waals surface area contributed by atoms with Crippen LogP contribution in [-0.4, -0.2) is 87.4 Å². The van der Waals surface area contributed by atoms with Crippen LogP contribution in [0.2, 0.25) is 0 Å². The van der Waals surface area contributed by atoms with Crippen molar-refractivity contribution < 1.29 is 39.1 Å². The summed E-state index contributed by atoms with van der Waals surface area (Å²) in [5.74, 6) is -0.970. The molecule has 3 N–H and O–H groups in total. The third-order valence-corrected chi connectivity index (χ3v) is 3.10. The molecule has 0 rings (SSSR count). The summed E-state index contributed by atoms with van der Waals surface area (Å²) in [6.45, 7) is 3.30. The van der Waals surface area contributed by atoms with Crippen molar-refractivity contribution in [1.82, 2.24) is 0 Å². The normalized spacial score (nSPS) is 11.8. The molecule has 0 bridgehead atoms. The van der Waals surface area contributed by atoms with Crippen LogP contribution >= 0.6 is 0 Å². The smallest absolute Gasteiger partial charge is 0.314 e. The van der Waals surface area contributed by atoms with Gasteiger partial charge in [-0.25, -0.2) is 0 Å². The fourth-order valence-electron chi connectivity index (χ4n) is 1.62. The van der Waals surface area contributed by atoms with E-state index < -0.39 is 11.4 Å². The highest BCUT2D eigenvalue weighted by Gasteiger charge is 2.37. The van der Waals surface area contributed by atoms with Gasteiger partial charge in [-0.2, -0.15) is 0 Å². The first kappa shape index (κ1) is 21.2. The molecule has 0 spiro atoms. The van der Waals surface area contributed by atoms with Crippen LogP contribution in [0.3, 0.4) is 0 Å². The Kier molecular flexibility index (Phi) is 13.4. The van der Waals surface area contributed by atoms with Crippen molar-refractivity contribution in [3.05, 3.63) is 0 Å². The van der Waals surface area contributed by atoms with Gasteiger partial charge < -0.3 is 34.3 Å². The van der Waals surface area contributed by atoms with Crippen LogP contribution in [0.1, 0.15) is 13.3 Å². The van der Waals surface area contributed by atoms with Gasteiger partial charge in [-0.15, -0.1) is 0 Å². The molecule has 0 saturated heterocycles. The first-order valence-electron chi connectivity index (χ1n) is 7.39. The van der Waals surface area contributed by atoms with E-state index in [0.29, 0.717) is 19.6 Å². The van der Waals surface area contributed by atoms with Gasteiger partial charge in [-0.05, 0) is 6.42 Å². The van der Waals surface area contributed by atoms with E-state index in [2.05, 4.69) is 0 Å². The van der Waals surface area contributed by atoms with Crippen LogP contribution in [0, 0.1) is 5.41 Å². The molecule has 0 radical (unpaired) electrons. The van der Waals surface area contributed by atoms with Crippen molar-refractivity contribution >= 4 is 5.97 Å². The highest BCUT2D eigenvalue weighted by molar-refractivity contribution is 5.74. The minimum atomic E-state index is -1.10. The Morgan fingerprint density at radius 3 is 1.55 bits per heavy atom. The van der Waals surface area contributed by atoms with Crippen LogP contribution < -0.4 is 0 Å². The summed E-state index contributed by atoms with van der Waals surface area (Å²) in [4.78, 5) is 11.5. The Morgan fingerprint density at radius 1 is 0.818 bits per heavy atom. The summed E-state index contributed by atoms with van der Waals surface area (Å²) in [6.07, 6.45) is 0.372. The molecule has 22 heavy (non-hydrogen) atoms. The van der Waals surface area contributed by atoms with E-state index in [0.717, 1.165) is 0 Å². The molecule has 0 saturated carbocycles. The van der Waals surface area contributed by atoms with Crippen molar-refractivity contribution in [1.29, 1.82) is 0 Å². The number of carboxylic acid groups (broad SMARTS) is 1. The standard InChI is InChI=1S/C14H28O8/c1-2-14(13(17)18,11-21-9-7-19-5-3-15)12-22-10-8-20-6-4-16/h15-16H,2-12H2,1H3,(H,17,18). The zero-order valence-electron chi connectivity index (χ0n) is 13.2. The molecule has 132 valence electrons. The number of rotatable bonds is 16. The fraction of sp³-hybridized carbons (Fsp3) is 0.929. The predicted octanol–water partition coefficient (Wildman–Crippen LogP) is -0.482. The largest absolute Gasteiger partial charge is 0.481 e. The Morgan fingerprint density at radius 2 is 1.23 bits per heavy atom. The number of ether oxygens (including phenoxy) is 4. The molecule has 0 unspecified atom stereocenters. The Labute approximate surface area is 130 Å². The van der Waals surface area contributed by atoms with Crippen LogP contribution in [0.25, 0.3) is 0 Å². The number of aliphatic hydroxyl groups excluding tert-OH is 2. The van der Waals surface area contributed by atoms with E-state index in [-0.39, 0.29) is 52.9 Å². The molecule has 0 aliphatic rings. The van der Waals surface area contributed by atoms with E-state index in [1.165, 1.54) is 0 Å². The van der Waals surface area contributed by atoms with Gasteiger partial charge in [-0.1, -0.05) is 6.92 Å². The quantitative estimate of drug-likeness (QED) is 0.326. The summed E-state index contributed by atoms with van der Waals surface area (Å²) in [5.41, 5.74) is -1.10. The number of hydrogen-bond donors (Lipinski definition) is 3. The van der Waals surface area contributed by atoms with Gasteiger partial charge in [0.2, 0.25) is 0 Å². The highest BCUT2D eigenvalue weighted by Crippen LogP contribution is 2.23. The maximum absolute atomic E-state index is 11.5. The second kappa shape index (κ2) is 13.9. The van der Waals surface area contributed by atoms with Crippen molar-refractivity contribution in [2.45, 2.75) is 13.3 Å². The molecular formula is C14H28O8. The zero-order valence-corrected chi connectivity index (χ0v) is 13.2. The van der Waals surface area contributed by atoms with Gasteiger partial charge in [0.05, 0.1) is 66.1 Å². The summed E-state index contributed by atoms with van der Waals surface area (Å²) in [5, 5.41) is 26.5. The van der Waals surface area contributed by atoms with Gasteiger partial charge in [0.15, 0.2) is 0 Å². The monoisotopic (exact) mass is 324 g/mol. The van der Waals surface area contributed by atoms with Gasteiger partial charge in [0.25, 0.3) is 0 Å². The number of carbonyl (C=O) groups is 1. The summed E-state index contributed by atoms with van der Waals surface area (Å²) in [6, 6.07) is 0. The van der Waals surface area contributed by atoms with Crippen LogP contribution in [0.4, 0.5) is 0 Å². The summed E-state index contributed by atoms with van der Waals surface area (Å²) in [7, 11) is 0. The summed E-state index contributed by atoms with van der Waals surface area (Å²) < 4.78 is 20.8. The molecule has 0 atom stereocenters. The number of aliphatic hydroxyl groups is 2. The zero-order chi connectivity index (χ0) is 16.7. The SMILES string of the molecule is CCC(COCCOCCO)(COCCOCCO)C(=O)O. The van der Waals surface area contributed by atoms with Gasteiger partial charge in [0.1, 0.15) is 5.41 Å². The summed E-state index contributed by atoms with van der Waals surface area (Å²) >= 11 is 0. The molecule has 0 aromatic carbocycles. The van der Waals surface area contributed by atoms with Gasteiger partial charge in [0, 0.05) is 0 Å². The van der Waals surface area contributed by atoms with Crippen molar-refractivity contribution in [3.63, 3.8) is 0 Å². The van der Waals surface area contributed by atoms with E-state index in [9.17, 15) is 9.90 Å². The fourth-order valence-corrected chi connectivity index (χ4v) is 1.62. The van der Waals surface area contributed by atoms with Crippen molar-refractivity contribution in [3.8, 4) is 0 Å². The first-order chi connectivity index (χ1) is 10.6. The third-order valence-electron chi connectivity index (χ3n) is 3.10. The second-order valence-corrected chi connectivity index (χ2v) is 4.72. The minimum Gasteiger partial charge on any atom is -0.481 e. The molecule has 0 amide bonds. The molecule has 0 fully saturated rings. The number of aliphatic carboxylic acids is 1. The lowest BCUT2D eigenvalue weighted by Gasteiger charge is -2.27. The Hall–Kier alpha value is -0.770. The first-order valence-corrected chi connectivity index (χ1v) is 7.39. The lowest BCUT2D eigenvalue weighted by molar-refractivity contribution is -0.159. The molecule has 0 aromatic heterocycles. The topological polar surface area (TPSA) is 115 Å². The average Bonchev–Trinajstić information content (AvgIpc) is 2.51. The minimum absolute atomic E-state index is 0.0266. The van der Waals surface area contributed by atoms with Crippen LogP contribution in [0.5, 0.6) is 0 Å². The van der Waals surface area contributed by atoms with E-state index >= 15 is 0 Å². The second-order valence-electron chi connectivity index (χ2n) is 4.72. The molecule has 0 aromatic rings. The number of hydrogen-bond acceptors (Lipinski definition) is 7. The molecule has 0 heterocycles.